The molecule has 0 atom stereocenters. The van der Waals surface area contributed by atoms with Crippen LogP contribution in [0, 0.1) is 6.92 Å². The first kappa shape index (κ1) is 13.1. The number of rotatable bonds is 3. The number of aromatic hydroxyl groups is 1. The SMILES string of the molecule is CC(=NCc1ccccc1N)c1ccc(C)cc1O. The second-order valence-electron chi connectivity index (χ2n) is 4.62. The molecule has 2 aromatic rings. The normalized spacial score (nSPS) is 11.6. The monoisotopic (exact) mass is 254 g/mol. The minimum absolute atomic E-state index is 0.266. The Hall–Kier alpha value is -2.29. The number of nitrogen functional groups attached to an aromatic ring is 1. The van der Waals surface area contributed by atoms with Crippen molar-refractivity contribution in [3.8, 4) is 5.75 Å². The Kier molecular flexibility index (Phi) is 3.85. The molecule has 0 spiro atoms. The lowest BCUT2D eigenvalue weighted by Crippen LogP contribution is -1.98. The van der Waals surface area contributed by atoms with E-state index in [1.807, 2.05) is 50.2 Å². The Bertz CT molecular complexity index is 618. The van der Waals surface area contributed by atoms with Gasteiger partial charge < -0.3 is 10.8 Å². The zero-order chi connectivity index (χ0) is 13.8. The molecule has 0 aliphatic carbocycles. The molecule has 0 aliphatic rings. The van der Waals surface area contributed by atoms with Gasteiger partial charge in [-0.3, -0.25) is 4.99 Å². The Labute approximate surface area is 113 Å². The van der Waals surface area contributed by atoms with E-state index in [0.29, 0.717) is 6.54 Å². The number of nitrogens with zero attached hydrogens (tertiary/aromatic N) is 1. The van der Waals surface area contributed by atoms with Crippen LogP contribution < -0.4 is 5.73 Å². The zero-order valence-electron chi connectivity index (χ0n) is 11.2. The van der Waals surface area contributed by atoms with Gasteiger partial charge in [-0.15, -0.1) is 0 Å². The van der Waals surface area contributed by atoms with Crippen LogP contribution in [0.1, 0.15) is 23.6 Å². The highest BCUT2D eigenvalue weighted by Gasteiger charge is 2.04. The van der Waals surface area contributed by atoms with Crippen LogP contribution >= 0.6 is 0 Å². The molecule has 3 nitrogen and oxygen atoms in total. The maximum atomic E-state index is 9.91. The smallest absolute Gasteiger partial charge is 0.124 e. The minimum Gasteiger partial charge on any atom is -0.507 e. The fourth-order valence-electron chi connectivity index (χ4n) is 1.91. The quantitative estimate of drug-likeness (QED) is 0.652. The second-order valence-corrected chi connectivity index (χ2v) is 4.62. The molecule has 19 heavy (non-hydrogen) atoms. The van der Waals surface area contributed by atoms with E-state index in [4.69, 9.17) is 5.73 Å². The number of nitrogens with two attached hydrogens (primary N) is 1. The average Bonchev–Trinajstić information content (AvgIpc) is 2.37. The molecule has 0 bridgehead atoms. The Morgan fingerprint density at radius 2 is 1.95 bits per heavy atom. The van der Waals surface area contributed by atoms with Crippen LogP contribution in [-0.2, 0) is 6.54 Å². The number of aryl methyl sites for hydroxylation is 1. The van der Waals surface area contributed by atoms with Crippen molar-refractivity contribution in [2.75, 3.05) is 5.73 Å². The van der Waals surface area contributed by atoms with Crippen molar-refractivity contribution in [3.05, 3.63) is 59.2 Å². The van der Waals surface area contributed by atoms with E-state index in [0.717, 1.165) is 28.1 Å². The third-order valence-corrected chi connectivity index (χ3v) is 3.08. The van der Waals surface area contributed by atoms with Gasteiger partial charge in [0.15, 0.2) is 0 Å². The fourth-order valence-corrected chi connectivity index (χ4v) is 1.91. The van der Waals surface area contributed by atoms with E-state index < -0.39 is 0 Å². The number of phenolic OH excluding ortho intramolecular Hbond substituents is 1. The summed E-state index contributed by atoms with van der Waals surface area (Å²) in [5, 5.41) is 9.91. The van der Waals surface area contributed by atoms with Crippen molar-refractivity contribution in [1.82, 2.24) is 0 Å². The summed E-state index contributed by atoms with van der Waals surface area (Å²) in [4.78, 5) is 4.49. The lowest BCUT2D eigenvalue weighted by molar-refractivity contribution is 0.473. The van der Waals surface area contributed by atoms with Gasteiger partial charge in [0.2, 0.25) is 0 Å². The molecular weight excluding hydrogens is 236 g/mol. The summed E-state index contributed by atoms with van der Waals surface area (Å²) in [6.45, 7) is 4.36. The number of aliphatic imine (C=N–C) groups is 1. The molecule has 0 heterocycles. The van der Waals surface area contributed by atoms with Gasteiger partial charge in [0, 0.05) is 17.0 Å². The summed E-state index contributed by atoms with van der Waals surface area (Å²) < 4.78 is 0. The van der Waals surface area contributed by atoms with E-state index in [9.17, 15) is 5.11 Å². The number of phenols is 1. The first-order valence-electron chi connectivity index (χ1n) is 6.22. The van der Waals surface area contributed by atoms with Crippen molar-refractivity contribution < 1.29 is 5.11 Å². The van der Waals surface area contributed by atoms with E-state index >= 15 is 0 Å². The second kappa shape index (κ2) is 5.57. The van der Waals surface area contributed by atoms with Crippen LogP contribution in [0.25, 0.3) is 0 Å². The van der Waals surface area contributed by atoms with Crippen molar-refractivity contribution in [1.29, 1.82) is 0 Å². The summed E-state index contributed by atoms with van der Waals surface area (Å²) in [5.74, 6) is 0.266. The predicted octanol–water partition coefficient (Wildman–Crippen LogP) is 3.29. The number of anilines is 1. The van der Waals surface area contributed by atoms with Crippen LogP contribution in [-0.4, -0.2) is 10.8 Å². The Balaban J connectivity index is 2.22. The van der Waals surface area contributed by atoms with E-state index in [1.165, 1.54) is 0 Å². The third kappa shape index (κ3) is 3.13. The van der Waals surface area contributed by atoms with Gasteiger partial charge in [-0.1, -0.05) is 24.3 Å². The first-order chi connectivity index (χ1) is 9.08. The molecule has 0 fully saturated rings. The molecule has 0 saturated carbocycles. The molecule has 3 N–H and O–H groups in total. The number of hydrogen-bond donors (Lipinski definition) is 2. The lowest BCUT2D eigenvalue weighted by Gasteiger charge is -2.06. The summed E-state index contributed by atoms with van der Waals surface area (Å²) in [6.07, 6.45) is 0. The molecule has 0 saturated heterocycles. The van der Waals surface area contributed by atoms with E-state index in [-0.39, 0.29) is 5.75 Å². The standard InChI is InChI=1S/C16H18N2O/c1-11-7-8-14(16(19)9-11)12(2)18-10-13-5-3-4-6-15(13)17/h3-9,19H,10,17H2,1-2H3. The fraction of sp³-hybridized carbons (Fsp3) is 0.188. The molecule has 3 heteroatoms. The van der Waals surface area contributed by atoms with Crippen molar-refractivity contribution in [3.63, 3.8) is 0 Å². The predicted molar refractivity (Wildman–Crippen MR) is 79.6 cm³/mol. The molecule has 0 amide bonds. The molecular formula is C16H18N2O. The Morgan fingerprint density at radius 3 is 2.63 bits per heavy atom. The van der Waals surface area contributed by atoms with Crippen LogP contribution in [0.15, 0.2) is 47.5 Å². The Morgan fingerprint density at radius 1 is 1.21 bits per heavy atom. The maximum Gasteiger partial charge on any atom is 0.124 e. The van der Waals surface area contributed by atoms with Gasteiger partial charge in [0.05, 0.1) is 6.54 Å². The molecule has 2 rings (SSSR count). The highest BCUT2D eigenvalue weighted by Crippen LogP contribution is 2.20. The van der Waals surface area contributed by atoms with Gasteiger partial charge in [-0.05, 0) is 43.2 Å². The molecule has 0 aromatic heterocycles. The summed E-state index contributed by atoms with van der Waals surface area (Å²) >= 11 is 0. The van der Waals surface area contributed by atoms with Crippen LogP contribution in [0.5, 0.6) is 5.75 Å². The maximum absolute atomic E-state index is 9.91. The highest BCUT2D eigenvalue weighted by atomic mass is 16.3. The van der Waals surface area contributed by atoms with Gasteiger partial charge in [-0.2, -0.15) is 0 Å². The molecule has 98 valence electrons. The van der Waals surface area contributed by atoms with Crippen LogP contribution in [0.4, 0.5) is 5.69 Å². The van der Waals surface area contributed by atoms with E-state index in [1.54, 1.807) is 6.07 Å². The summed E-state index contributed by atoms with van der Waals surface area (Å²) in [7, 11) is 0. The largest absolute Gasteiger partial charge is 0.507 e. The van der Waals surface area contributed by atoms with Crippen LogP contribution in [0.2, 0.25) is 0 Å². The minimum atomic E-state index is 0.266. The van der Waals surface area contributed by atoms with Gasteiger partial charge >= 0.3 is 0 Å². The lowest BCUT2D eigenvalue weighted by atomic mass is 10.1. The highest BCUT2D eigenvalue weighted by molar-refractivity contribution is 6.01. The zero-order valence-corrected chi connectivity index (χ0v) is 11.2. The van der Waals surface area contributed by atoms with E-state index in [2.05, 4.69) is 4.99 Å². The number of para-hydroxylation sites is 1. The number of benzene rings is 2. The summed E-state index contributed by atoms with van der Waals surface area (Å²) in [5.41, 5.74) is 10.2. The van der Waals surface area contributed by atoms with Crippen molar-refractivity contribution >= 4 is 11.4 Å². The van der Waals surface area contributed by atoms with Gasteiger partial charge in [0.1, 0.15) is 5.75 Å². The van der Waals surface area contributed by atoms with Crippen LogP contribution in [0.3, 0.4) is 0 Å². The van der Waals surface area contributed by atoms with Crippen molar-refractivity contribution in [2.45, 2.75) is 20.4 Å². The first-order valence-corrected chi connectivity index (χ1v) is 6.22. The molecule has 0 aliphatic heterocycles. The number of hydrogen-bond acceptors (Lipinski definition) is 3. The topological polar surface area (TPSA) is 58.6 Å². The molecule has 0 radical (unpaired) electrons. The van der Waals surface area contributed by atoms with Gasteiger partial charge in [0.25, 0.3) is 0 Å². The molecule has 2 aromatic carbocycles. The third-order valence-electron chi connectivity index (χ3n) is 3.08. The molecule has 0 unspecified atom stereocenters. The average molecular weight is 254 g/mol. The summed E-state index contributed by atoms with van der Waals surface area (Å²) in [6, 6.07) is 13.3. The van der Waals surface area contributed by atoms with Crippen molar-refractivity contribution in [2.24, 2.45) is 4.99 Å². The van der Waals surface area contributed by atoms with Gasteiger partial charge in [-0.25, -0.2) is 0 Å².